The summed E-state index contributed by atoms with van der Waals surface area (Å²) in [4.78, 5) is 20.5. The second-order valence-corrected chi connectivity index (χ2v) is 10.0. The highest BCUT2D eigenvalue weighted by Gasteiger charge is 2.29. The van der Waals surface area contributed by atoms with Crippen molar-refractivity contribution in [1.82, 2.24) is 20.1 Å². The van der Waals surface area contributed by atoms with Crippen molar-refractivity contribution in [3.8, 4) is 11.5 Å². The molecular formula is C20H18ClF2N5O4S. The normalized spacial score (nSPS) is 15.6. The van der Waals surface area contributed by atoms with E-state index in [9.17, 15) is 22.0 Å². The number of hydrogen-bond acceptors (Lipinski definition) is 7. The van der Waals surface area contributed by atoms with E-state index in [-0.39, 0.29) is 43.1 Å². The van der Waals surface area contributed by atoms with Crippen molar-refractivity contribution in [2.24, 2.45) is 0 Å². The molecule has 3 heterocycles. The van der Waals surface area contributed by atoms with E-state index in [2.05, 4.69) is 15.2 Å². The molecule has 1 aliphatic heterocycles. The molecule has 0 aliphatic carbocycles. The number of carbonyl (C=O) groups is 1. The van der Waals surface area contributed by atoms with E-state index in [0.29, 0.717) is 22.0 Å². The van der Waals surface area contributed by atoms with Gasteiger partial charge in [-0.1, -0.05) is 11.6 Å². The van der Waals surface area contributed by atoms with Crippen LogP contribution in [0, 0.1) is 0 Å². The van der Waals surface area contributed by atoms with Gasteiger partial charge in [-0.25, -0.2) is 13.2 Å². The van der Waals surface area contributed by atoms with Gasteiger partial charge in [0.1, 0.15) is 0 Å². The van der Waals surface area contributed by atoms with Crippen molar-refractivity contribution in [2.45, 2.75) is 13.0 Å². The number of sulfone groups is 1. The first kappa shape index (κ1) is 23.1. The number of alkyl halides is 2. The Morgan fingerprint density at radius 1 is 1.12 bits per heavy atom. The zero-order chi connectivity index (χ0) is 23.6. The molecule has 1 aromatic carbocycles. The van der Waals surface area contributed by atoms with E-state index >= 15 is 0 Å². The van der Waals surface area contributed by atoms with Crippen molar-refractivity contribution in [3.63, 3.8) is 0 Å². The highest BCUT2D eigenvalue weighted by atomic mass is 35.5. The number of halogens is 3. The number of aromatic nitrogens is 3. The maximum atomic E-state index is 13.2. The van der Waals surface area contributed by atoms with Gasteiger partial charge in [-0.15, -0.1) is 10.2 Å². The molecule has 174 valence electrons. The molecule has 2 amide bonds. The van der Waals surface area contributed by atoms with E-state index in [1.807, 2.05) is 0 Å². The van der Waals surface area contributed by atoms with Crippen molar-refractivity contribution < 1.29 is 26.4 Å². The lowest BCUT2D eigenvalue weighted by atomic mass is 10.2. The molecule has 0 unspecified atom stereocenters. The van der Waals surface area contributed by atoms with Crippen LogP contribution in [0.25, 0.3) is 11.5 Å². The maximum Gasteiger partial charge on any atom is 0.324 e. The van der Waals surface area contributed by atoms with Crippen molar-refractivity contribution in [2.75, 3.05) is 29.5 Å². The average Bonchev–Trinajstić information content (AvgIpc) is 3.29. The van der Waals surface area contributed by atoms with Gasteiger partial charge >= 0.3 is 12.5 Å². The van der Waals surface area contributed by atoms with Crippen LogP contribution in [0.4, 0.5) is 19.3 Å². The molecule has 0 spiro atoms. The van der Waals surface area contributed by atoms with Gasteiger partial charge in [-0.2, -0.15) is 8.78 Å². The largest absolute Gasteiger partial charge is 0.415 e. The predicted molar refractivity (Wildman–Crippen MR) is 116 cm³/mol. The van der Waals surface area contributed by atoms with Crippen LogP contribution < -0.4 is 4.90 Å². The summed E-state index contributed by atoms with van der Waals surface area (Å²) in [5.41, 5.74) is 1.41. The summed E-state index contributed by atoms with van der Waals surface area (Å²) < 4.78 is 53.7. The monoisotopic (exact) mass is 497 g/mol. The maximum absolute atomic E-state index is 13.2. The molecule has 0 radical (unpaired) electrons. The molecule has 13 heteroatoms. The van der Waals surface area contributed by atoms with Crippen molar-refractivity contribution in [3.05, 3.63) is 59.2 Å². The molecule has 1 aliphatic rings. The van der Waals surface area contributed by atoms with Gasteiger partial charge in [-0.05, 0) is 36.4 Å². The summed E-state index contributed by atoms with van der Waals surface area (Å²) in [7, 11) is -3.15. The summed E-state index contributed by atoms with van der Waals surface area (Å²) in [5.74, 6) is -1.06. The Morgan fingerprint density at radius 2 is 1.82 bits per heavy atom. The zero-order valence-corrected chi connectivity index (χ0v) is 18.6. The van der Waals surface area contributed by atoms with Crippen LogP contribution in [0.5, 0.6) is 0 Å². The number of benzene rings is 1. The molecule has 0 saturated carbocycles. The van der Waals surface area contributed by atoms with Gasteiger partial charge in [0.05, 0.1) is 29.3 Å². The number of pyridine rings is 1. The Morgan fingerprint density at radius 3 is 2.39 bits per heavy atom. The van der Waals surface area contributed by atoms with E-state index in [4.69, 9.17) is 16.0 Å². The number of rotatable bonds is 5. The number of amides is 2. The third-order valence-corrected chi connectivity index (χ3v) is 6.86. The number of carbonyl (C=O) groups excluding carboxylic acids is 1. The molecule has 0 bridgehead atoms. The first-order chi connectivity index (χ1) is 15.7. The van der Waals surface area contributed by atoms with Gasteiger partial charge in [-0.3, -0.25) is 9.88 Å². The fourth-order valence-electron chi connectivity index (χ4n) is 3.21. The Labute approximate surface area is 192 Å². The molecule has 0 atom stereocenters. The average molecular weight is 498 g/mol. The lowest BCUT2D eigenvalue weighted by Crippen LogP contribution is -2.49. The fourth-order valence-corrected chi connectivity index (χ4v) is 4.54. The van der Waals surface area contributed by atoms with Gasteiger partial charge in [0, 0.05) is 30.0 Å². The molecule has 1 fully saturated rings. The fraction of sp³-hybridized carbons (Fsp3) is 0.300. The van der Waals surface area contributed by atoms with Gasteiger partial charge in [0.25, 0.3) is 5.89 Å². The number of hydrogen-bond donors (Lipinski definition) is 0. The highest BCUT2D eigenvalue weighted by Crippen LogP contribution is 2.25. The first-order valence-electron chi connectivity index (χ1n) is 9.81. The zero-order valence-electron chi connectivity index (χ0n) is 17.1. The third kappa shape index (κ3) is 5.45. The first-order valence-corrected chi connectivity index (χ1v) is 12.0. The minimum atomic E-state index is -3.15. The van der Waals surface area contributed by atoms with Crippen LogP contribution in [0.2, 0.25) is 5.02 Å². The van der Waals surface area contributed by atoms with E-state index in [1.54, 1.807) is 36.4 Å². The van der Waals surface area contributed by atoms with Crippen molar-refractivity contribution >= 4 is 33.2 Å². The topological polar surface area (TPSA) is 110 Å². The number of nitrogens with zero attached hydrogens (tertiary/aromatic N) is 5. The summed E-state index contributed by atoms with van der Waals surface area (Å²) in [6.45, 7) is 0.276. The molecule has 9 nitrogen and oxygen atoms in total. The lowest BCUT2D eigenvalue weighted by Gasteiger charge is -2.33. The Hall–Kier alpha value is -3.12. The number of anilines is 1. The van der Waals surface area contributed by atoms with Crippen LogP contribution in [0.1, 0.15) is 18.0 Å². The Kier molecular flexibility index (Phi) is 6.56. The SMILES string of the molecule is O=C(N1CCS(=O)(=O)CC1)N(Cc1ccc(-c2nnc(C(F)F)o2)cn1)c1ccc(Cl)cc1. The van der Waals surface area contributed by atoms with Crippen LogP contribution in [-0.2, 0) is 16.4 Å². The standard InChI is InChI=1S/C20H18ClF2N5O4S/c21-14-2-5-16(6-3-14)28(20(29)27-7-9-33(30,31)10-8-27)12-15-4-1-13(11-24-15)18-25-26-19(32-18)17(22)23/h1-6,11,17H,7-10,12H2. The highest BCUT2D eigenvalue weighted by molar-refractivity contribution is 7.91. The van der Waals surface area contributed by atoms with E-state index in [1.165, 1.54) is 16.0 Å². The molecular weight excluding hydrogens is 480 g/mol. The summed E-state index contributed by atoms with van der Waals surface area (Å²) >= 11 is 5.97. The van der Waals surface area contributed by atoms with Gasteiger partial charge < -0.3 is 9.32 Å². The summed E-state index contributed by atoms with van der Waals surface area (Å²) in [6, 6.07) is 9.46. The Balaban J connectivity index is 1.56. The van der Waals surface area contributed by atoms with Crippen LogP contribution in [0.3, 0.4) is 0 Å². The lowest BCUT2D eigenvalue weighted by molar-refractivity contribution is 0.116. The van der Waals surface area contributed by atoms with E-state index in [0.717, 1.165) is 0 Å². The summed E-state index contributed by atoms with van der Waals surface area (Å²) in [5, 5.41) is 7.37. The van der Waals surface area contributed by atoms with Gasteiger partial charge in [0.2, 0.25) is 5.89 Å². The third-order valence-electron chi connectivity index (χ3n) is 5.00. The molecule has 1 saturated heterocycles. The van der Waals surface area contributed by atoms with Crippen LogP contribution in [-0.4, -0.2) is 59.1 Å². The second-order valence-electron chi connectivity index (χ2n) is 7.27. The van der Waals surface area contributed by atoms with E-state index < -0.39 is 22.2 Å². The van der Waals surface area contributed by atoms with Crippen LogP contribution in [0.15, 0.2) is 47.0 Å². The van der Waals surface area contributed by atoms with Crippen molar-refractivity contribution in [1.29, 1.82) is 0 Å². The molecule has 0 N–H and O–H groups in total. The Bertz CT molecular complexity index is 1220. The molecule has 4 rings (SSSR count). The predicted octanol–water partition coefficient (Wildman–Crippen LogP) is 3.58. The van der Waals surface area contributed by atoms with Crippen LogP contribution >= 0.6 is 11.6 Å². The molecule has 3 aromatic rings. The molecule has 2 aromatic heterocycles. The minimum absolute atomic E-state index is 0.0795. The summed E-state index contributed by atoms with van der Waals surface area (Å²) in [6.07, 6.45) is -1.49. The quantitative estimate of drug-likeness (QED) is 0.530. The smallest absolute Gasteiger partial charge is 0.324 e. The second kappa shape index (κ2) is 9.40. The molecule has 33 heavy (non-hydrogen) atoms. The van der Waals surface area contributed by atoms with Gasteiger partial charge in [0.15, 0.2) is 9.84 Å². The minimum Gasteiger partial charge on any atom is -0.415 e. The number of urea groups is 1.